The zero-order valence-corrected chi connectivity index (χ0v) is 13.4. The highest BCUT2D eigenvalue weighted by atomic mass is 35.5. The first kappa shape index (κ1) is 18.7. The molecule has 0 saturated heterocycles. The molecule has 0 fully saturated rings. The first-order valence-electron chi connectivity index (χ1n) is 6.04. The Kier molecular flexibility index (Phi) is 6.48. The molecule has 0 aliphatic carbocycles. The van der Waals surface area contributed by atoms with Crippen LogP contribution in [0.4, 0.5) is 13.2 Å². The summed E-state index contributed by atoms with van der Waals surface area (Å²) in [4.78, 5) is 0. The molecule has 1 aromatic heterocycles. The third-order valence-corrected chi connectivity index (χ3v) is 6.12. The summed E-state index contributed by atoms with van der Waals surface area (Å²) in [5, 5.41) is 9.22. The highest BCUT2D eigenvalue weighted by Crippen LogP contribution is 2.30. The number of rotatable bonds is 7. The van der Waals surface area contributed by atoms with Crippen LogP contribution in [0.1, 0.15) is 19.8 Å². The van der Waals surface area contributed by atoms with Gasteiger partial charge in [0.25, 0.3) is 0 Å². The van der Waals surface area contributed by atoms with Gasteiger partial charge < -0.3 is 5.11 Å². The van der Waals surface area contributed by atoms with Crippen LogP contribution in [0.5, 0.6) is 0 Å². The van der Waals surface area contributed by atoms with Gasteiger partial charge in [0.1, 0.15) is 4.21 Å². The van der Waals surface area contributed by atoms with E-state index in [0.717, 1.165) is 11.3 Å². The lowest BCUT2D eigenvalue weighted by molar-refractivity contribution is -0.147. The van der Waals surface area contributed by atoms with E-state index >= 15 is 0 Å². The van der Waals surface area contributed by atoms with Gasteiger partial charge >= 0.3 is 6.18 Å². The van der Waals surface area contributed by atoms with E-state index in [4.69, 9.17) is 11.6 Å². The molecule has 0 aliphatic heterocycles. The first-order valence-corrected chi connectivity index (χ1v) is 8.72. The summed E-state index contributed by atoms with van der Waals surface area (Å²) < 4.78 is 63.8. The van der Waals surface area contributed by atoms with Gasteiger partial charge in [0.15, 0.2) is 0 Å². The average molecular weight is 366 g/mol. The van der Waals surface area contributed by atoms with E-state index in [0.29, 0.717) is 0 Å². The third-order valence-electron chi connectivity index (χ3n) is 2.90. The third kappa shape index (κ3) is 5.74. The molecule has 10 heteroatoms. The number of nitrogens with one attached hydrogen (secondary N) is 1. The van der Waals surface area contributed by atoms with Crippen molar-refractivity contribution < 1.29 is 26.7 Å². The molecule has 0 bridgehead atoms. The van der Waals surface area contributed by atoms with E-state index in [9.17, 15) is 26.7 Å². The molecule has 0 aliphatic rings. The van der Waals surface area contributed by atoms with Crippen LogP contribution >= 0.6 is 22.9 Å². The molecule has 0 unspecified atom stereocenters. The molecule has 0 saturated carbocycles. The van der Waals surface area contributed by atoms with Crippen molar-refractivity contribution in [3.8, 4) is 0 Å². The van der Waals surface area contributed by atoms with Crippen LogP contribution in [0.2, 0.25) is 4.34 Å². The Bertz CT molecular complexity index is 559. The van der Waals surface area contributed by atoms with E-state index < -0.39 is 41.2 Å². The van der Waals surface area contributed by atoms with Gasteiger partial charge in [-0.25, -0.2) is 13.1 Å². The summed E-state index contributed by atoms with van der Waals surface area (Å²) in [6.45, 7) is 0.794. The van der Waals surface area contributed by atoms with Gasteiger partial charge in [-0.2, -0.15) is 13.2 Å². The molecule has 4 nitrogen and oxygen atoms in total. The predicted octanol–water partition coefficient (Wildman–Crippen LogP) is 3.02. The van der Waals surface area contributed by atoms with Crippen molar-refractivity contribution in [2.24, 2.45) is 5.92 Å². The highest BCUT2D eigenvalue weighted by molar-refractivity contribution is 7.91. The molecule has 0 spiro atoms. The lowest BCUT2D eigenvalue weighted by atomic mass is 9.94. The van der Waals surface area contributed by atoms with Crippen LogP contribution in [0.15, 0.2) is 16.3 Å². The molecular formula is C11H15ClF3NO3S2. The second-order valence-electron chi connectivity index (χ2n) is 4.46. The molecule has 21 heavy (non-hydrogen) atoms. The van der Waals surface area contributed by atoms with E-state index in [2.05, 4.69) is 4.72 Å². The second-order valence-corrected chi connectivity index (χ2v) is 8.11. The summed E-state index contributed by atoms with van der Waals surface area (Å²) in [6, 6.07) is 1.43. The van der Waals surface area contributed by atoms with Gasteiger partial charge in [0, 0.05) is 12.5 Å². The van der Waals surface area contributed by atoms with Crippen LogP contribution in [0.3, 0.4) is 0 Å². The van der Waals surface area contributed by atoms with Crippen molar-refractivity contribution >= 4 is 33.0 Å². The quantitative estimate of drug-likeness (QED) is 0.780. The fourth-order valence-electron chi connectivity index (χ4n) is 1.85. The summed E-state index contributed by atoms with van der Waals surface area (Å²) >= 11 is 6.43. The summed E-state index contributed by atoms with van der Waals surface area (Å²) in [5.74, 6) is -1.04. The van der Waals surface area contributed by atoms with Crippen molar-refractivity contribution in [1.29, 1.82) is 0 Å². The van der Waals surface area contributed by atoms with E-state index in [1.807, 2.05) is 0 Å². The molecule has 2 atom stereocenters. The minimum absolute atomic E-state index is 0.0818. The van der Waals surface area contributed by atoms with Crippen molar-refractivity contribution in [1.82, 2.24) is 4.72 Å². The van der Waals surface area contributed by atoms with Crippen molar-refractivity contribution in [2.75, 3.05) is 6.61 Å². The molecule has 0 aromatic carbocycles. The molecule has 2 N–H and O–H groups in total. The topological polar surface area (TPSA) is 66.4 Å². The van der Waals surface area contributed by atoms with Gasteiger partial charge in [-0.3, -0.25) is 0 Å². The maximum atomic E-state index is 12.5. The Labute approximate surface area is 130 Å². The first-order chi connectivity index (χ1) is 9.59. The Morgan fingerprint density at radius 2 is 2.05 bits per heavy atom. The number of halogens is 4. The maximum Gasteiger partial charge on any atom is 0.389 e. The Morgan fingerprint density at radius 3 is 2.43 bits per heavy atom. The minimum Gasteiger partial charge on any atom is -0.395 e. The van der Waals surface area contributed by atoms with E-state index in [1.165, 1.54) is 19.1 Å². The summed E-state index contributed by atoms with van der Waals surface area (Å²) in [7, 11) is -4.00. The summed E-state index contributed by atoms with van der Waals surface area (Å²) in [5.41, 5.74) is 0. The van der Waals surface area contributed by atoms with E-state index in [-0.39, 0.29) is 15.0 Å². The molecule has 0 amide bonds. The number of alkyl halides is 3. The summed E-state index contributed by atoms with van der Waals surface area (Å²) in [6.07, 6.45) is -5.51. The fourth-order valence-corrected chi connectivity index (χ4v) is 4.65. The molecule has 0 radical (unpaired) electrons. The minimum atomic E-state index is -4.42. The second kappa shape index (κ2) is 7.28. The van der Waals surface area contributed by atoms with Crippen molar-refractivity contribution in [3.05, 3.63) is 16.5 Å². The lowest BCUT2D eigenvalue weighted by Crippen LogP contribution is -2.43. The Morgan fingerprint density at radius 1 is 1.43 bits per heavy atom. The van der Waals surface area contributed by atoms with Crippen LogP contribution in [0.25, 0.3) is 0 Å². The van der Waals surface area contributed by atoms with Crippen LogP contribution < -0.4 is 4.72 Å². The van der Waals surface area contributed by atoms with Gasteiger partial charge in [-0.1, -0.05) is 24.9 Å². The Balaban J connectivity index is 2.90. The van der Waals surface area contributed by atoms with Gasteiger partial charge in [-0.15, -0.1) is 11.3 Å². The number of sulfonamides is 1. The largest absolute Gasteiger partial charge is 0.395 e. The number of hydrogen-bond donors (Lipinski definition) is 2. The fraction of sp³-hybridized carbons (Fsp3) is 0.636. The number of aliphatic hydroxyl groups is 1. The number of hydrogen-bond acceptors (Lipinski definition) is 4. The van der Waals surface area contributed by atoms with Crippen LogP contribution in [-0.2, 0) is 10.0 Å². The van der Waals surface area contributed by atoms with Crippen LogP contribution in [-0.4, -0.2) is 32.3 Å². The number of aliphatic hydroxyl groups excluding tert-OH is 1. The highest BCUT2D eigenvalue weighted by Gasteiger charge is 2.36. The standard InChI is InChI=1S/C11H15ClF3NO3S2/c1-2-7(5-11(13,14)15)8(6-17)16-21(18,19)10-4-3-9(12)20-10/h3-4,7-8,16-17H,2,5-6H2,1H3/t7-,8+/m1/s1. The normalized spacial score (nSPS) is 15.9. The van der Waals surface area contributed by atoms with Crippen LogP contribution in [0, 0.1) is 5.92 Å². The molecule has 1 aromatic rings. The number of thiophene rings is 1. The SMILES string of the molecule is CC[C@H](CC(F)(F)F)[C@H](CO)NS(=O)(=O)c1ccc(Cl)s1. The molecule has 1 rings (SSSR count). The zero-order valence-electron chi connectivity index (χ0n) is 11.0. The predicted molar refractivity (Wildman–Crippen MR) is 75.0 cm³/mol. The van der Waals surface area contributed by atoms with E-state index in [1.54, 1.807) is 0 Å². The van der Waals surface area contributed by atoms with Gasteiger partial charge in [0.2, 0.25) is 10.0 Å². The lowest BCUT2D eigenvalue weighted by Gasteiger charge is -2.26. The monoisotopic (exact) mass is 365 g/mol. The average Bonchev–Trinajstić information content (AvgIpc) is 2.79. The zero-order chi connectivity index (χ0) is 16.3. The molecule has 1 heterocycles. The van der Waals surface area contributed by atoms with Crippen molar-refractivity contribution in [2.45, 2.75) is 36.2 Å². The maximum absolute atomic E-state index is 12.5. The Hall–Kier alpha value is -0.350. The molecular weight excluding hydrogens is 351 g/mol. The smallest absolute Gasteiger partial charge is 0.389 e. The van der Waals surface area contributed by atoms with Gasteiger partial charge in [0.05, 0.1) is 10.9 Å². The molecule has 122 valence electrons. The van der Waals surface area contributed by atoms with Crippen molar-refractivity contribution in [3.63, 3.8) is 0 Å². The van der Waals surface area contributed by atoms with Gasteiger partial charge in [-0.05, 0) is 18.1 Å².